The molecule has 0 atom stereocenters. The first kappa shape index (κ1) is 19.1. The number of carbonyl (C=O) groups is 2. The van der Waals surface area contributed by atoms with E-state index in [1.807, 2.05) is 55.7 Å². The van der Waals surface area contributed by atoms with Crippen molar-refractivity contribution in [2.24, 2.45) is 0 Å². The molecule has 2 amide bonds. The molecule has 156 valence electrons. The maximum Gasteiger partial charge on any atom is 0.259 e. The van der Waals surface area contributed by atoms with Crippen molar-refractivity contribution >= 4 is 50.5 Å². The molecule has 0 unspecified atom stereocenters. The van der Waals surface area contributed by atoms with E-state index < -0.39 is 0 Å². The molecule has 0 radical (unpaired) electrons. The Morgan fingerprint density at radius 1 is 0.968 bits per heavy atom. The quantitative estimate of drug-likeness (QED) is 0.222. The summed E-state index contributed by atoms with van der Waals surface area (Å²) in [5, 5.41) is 7.41. The lowest BCUT2D eigenvalue weighted by atomic mass is 9.95. The number of aryl methyl sites for hydroxylation is 1. The molecule has 0 aliphatic carbocycles. The van der Waals surface area contributed by atoms with Gasteiger partial charge in [-0.15, -0.1) is 0 Å². The van der Waals surface area contributed by atoms with Gasteiger partial charge in [0.05, 0.1) is 22.4 Å². The van der Waals surface area contributed by atoms with Gasteiger partial charge in [0.2, 0.25) is 0 Å². The maximum atomic E-state index is 13.0. The molecule has 3 heterocycles. The Labute approximate surface area is 178 Å². The monoisotopic (exact) mass is 413 g/mol. The van der Waals surface area contributed by atoms with Gasteiger partial charge >= 0.3 is 0 Å². The standard InChI is InChI=1S/C24H23N5O2/c1-26-10-5-11-29-13-17(15-7-4-8-18(25)22(15)29)21-20(23(30)28-24(21)31)16-12-27-19-9-3-2-6-14(16)19/h2-4,6-9,12-13,26-27H,5,10-11,25H2,1H3,(H,28,30,31). The van der Waals surface area contributed by atoms with Crippen molar-refractivity contribution < 1.29 is 9.59 Å². The number of aromatic amines is 1. The maximum absolute atomic E-state index is 13.0. The van der Waals surface area contributed by atoms with Gasteiger partial charge in [-0.2, -0.15) is 0 Å². The number of nitrogen functional groups attached to an aromatic ring is 1. The molecule has 1 aliphatic heterocycles. The van der Waals surface area contributed by atoms with Gasteiger partial charge in [0.15, 0.2) is 0 Å². The van der Waals surface area contributed by atoms with Crippen LogP contribution in [0.4, 0.5) is 5.69 Å². The Morgan fingerprint density at radius 3 is 2.52 bits per heavy atom. The zero-order valence-corrected chi connectivity index (χ0v) is 17.2. The minimum absolute atomic E-state index is 0.385. The summed E-state index contributed by atoms with van der Waals surface area (Å²) in [7, 11) is 1.92. The lowest BCUT2D eigenvalue weighted by Crippen LogP contribution is -2.22. The summed E-state index contributed by atoms with van der Waals surface area (Å²) >= 11 is 0. The molecule has 0 spiro atoms. The normalized spacial score (nSPS) is 14.2. The second-order valence-electron chi connectivity index (χ2n) is 7.72. The Bertz CT molecular complexity index is 1380. The van der Waals surface area contributed by atoms with Crippen molar-refractivity contribution in [2.45, 2.75) is 13.0 Å². The fraction of sp³-hybridized carbons (Fsp3) is 0.167. The molecule has 0 fully saturated rings. The number of amides is 2. The lowest BCUT2D eigenvalue weighted by molar-refractivity contribution is -0.122. The van der Waals surface area contributed by atoms with Crippen molar-refractivity contribution in [2.75, 3.05) is 19.3 Å². The molecule has 0 saturated heterocycles. The number of carbonyl (C=O) groups excluding carboxylic acids is 2. The van der Waals surface area contributed by atoms with Crippen LogP contribution in [0.5, 0.6) is 0 Å². The highest BCUT2D eigenvalue weighted by Crippen LogP contribution is 2.39. The highest BCUT2D eigenvalue weighted by Gasteiger charge is 2.35. The van der Waals surface area contributed by atoms with E-state index in [2.05, 4.69) is 20.2 Å². The van der Waals surface area contributed by atoms with Crippen LogP contribution in [0.15, 0.2) is 54.9 Å². The number of hydrogen-bond acceptors (Lipinski definition) is 4. The fourth-order valence-corrected chi connectivity index (χ4v) is 4.44. The Morgan fingerprint density at radius 2 is 1.71 bits per heavy atom. The summed E-state index contributed by atoms with van der Waals surface area (Å²) in [6.45, 7) is 1.61. The molecule has 2 aromatic heterocycles. The van der Waals surface area contributed by atoms with Gasteiger partial charge in [-0.3, -0.25) is 14.9 Å². The SMILES string of the molecule is CNCCCn1cc(C2=C(c3c[nH]c4ccccc34)C(=O)NC2=O)c2cccc(N)c21. The molecule has 0 saturated carbocycles. The predicted molar refractivity (Wildman–Crippen MR) is 123 cm³/mol. The van der Waals surface area contributed by atoms with Gasteiger partial charge in [-0.05, 0) is 32.1 Å². The van der Waals surface area contributed by atoms with Gasteiger partial charge in [0.25, 0.3) is 11.8 Å². The number of nitrogens with one attached hydrogen (secondary N) is 3. The highest BCUT2D eigenvalue weighted by molar-refractivity contribution is 6.50. The third-order valence-corrected chi connectivity index (χ3v) is 5.81. The van der Waals surface area contributed by atoms with Crippen molar-refractivity contribution in [3.8, 4) is 0 Å². The number of nitrogens with zero attached hydrogens (tertiary/aromatic N) is 1. The number of imide groups is 1. The smallest absolute Gasteiger partial charge is 0.259 e. The second-order valence-corrected chi connectivity index (χ2v) is 7.72. The van der Waals surface area contributed by atoms with E-state index in [1.165, 1.54) is 0 Å². The molecule has 7 heteroatoms. The van der Waals surface area contributed by atoms with Crippen molar-refractivity contribution in [1.29, 1.82) is 0 Å². The first-order valence-electron chi connectivity index (χ1n) is 10.3. The van der Waals surface area contributed by atoms with Crippen LogP contribution < -0.4 is 16.4 Å². The molecule has 5 N–H and O–H groups in total. The van der Waals surface area contributed by atoms with Crippen LogP contribution in [0.1, 0.15) is 17.5 Å². The second kappa shape index (κ2) is 7.45. The summed E-state index contributed by atoms with van der Waals surface area (Å²) < 4.78 is 2.08. The molecule has 1 aliphatic rings. The first-order chi connectivity index (χ1) is 15.1. The number of fused-ring (bicyclic) bond motifs is 2. The lowest BCUT2D eigenvalue weighted by Gasteiger charge is -2.06. The number of nitrogens with two attached hydrogens (primary N) is 1. The highest BCUT2D eigenvalue weighted by atomic mass is 16.2. The van der Waals surface area contributed by atoms with Gasteiger partial charge in [-0.25, -0.2) is 0 Å². The van der Waals surface area contributed by atoms with E-state index >= 15 is 0 Å². The van der Waals surface area contributed by atoms with Crippen LogP contribution in [-0.2, 0) is 16.1 Å². The molecular weight excluding hydrogens is 390 g/mol. The van der Waals surface area contributed by atoms with E-state index in [1.54, 1.807) is 6.20 Å². The first-order valence-corrected chi connectivity index (χ1v) is 10.3. The van der Waals surface area contributed by atoms with E-state index in [0.717, 1.165) is 46.9 Å². The number of benzene rings is 2. The van der Waals surface area contributed by atoms with Crippen molar-refractivity contribution in [3.05, 3.63) is 66.0 Å². The average molecular weight is 413 g/mol. The van der Waals surface area contributed by atoms with Crippen LogP contribution >= 0.6 is 0 Å². The minimum Gasteiger partial charge on any atom is -0.397 e. The van der Waals surface area contributed by atoms with Gasteiger partial charge in [0, 0.05) is 46.4 Å². The van der Waals surface area contributed by atoms with Crippen LogP contribution in [0, 0.1) is 0 Å². The number of anilines is 1. The van der Waals surface area contributed by atoms with Crippen LogP contribution in [0.3, 0.4) is 0 Å². The largest absolute Gasteiger partial charge is 0.397 e. The number of hydrogen-bond donors (Lipinski definition) is 4. The topological polar surface area (TPSA) is 105 Å². The predicted octanol–water partition coefficient (Wildman–Crippen LogP) is 2.88. The number of para-hydroxylation sites is 2. The minimum atomic E-state index is -0.387. The molecule has 0 bridgehead atoms. The number of rotatable bonds is 6. The van der Waals surface area contributed by atoms with E-state index in [4.69, 9.17) is 5.73 Å². The molecule has 31 heavy (non-hydrogen) atoms. The summed E-state index contributed by atoms with van der Waals surface area (Å²) in [4.78, 5) is 29.1. The zero-order valence-electron chi connectivity index (χ0n) is 17.2. The van der Waals surface area contributed by atoms with Gasteiger partial charge < -0.3 is 20.6 Å². The molecule has 7 nitrogen and oxygen atoms in total. The molecule has 4 aromatic rings. The van der Waals surface area contributed by atoms with Crippen molar-refractivity contribution in [1.82, 2.24) is 20.2 Å². The fourth-order valence-electron chi connectivity index (χ4n) is 4.44. The zero-order chi connectivity index (χ0) is 21.5. The Hall–Kier alpha value is -3.84. The summed E-state index contributed by atoms with van der Waals surface area (Å²) in [6, 6.07) is 13.4. The van der Waals surface area contributed by atoms with Crippen LogP contribution in [0.25, 0.3) is 33.0 Å². The Balaban J connectivity index is 1.76. The average Bonchev–Trinajstić information content (AvgIpc) is 3.42. The molecular formula is C24H23N5O2. The Kier molecular flexibility index (Phi) is 4.60. The third-order valence-electron chi connectivity index (χ3n) is 5.81. The molecule has 5 rings (SSSR count). The molecule has 2 aromatic carbocycles. The van der Waals surface area contributed by atoms with E-state index in [9.17, 15) is 9.59 Å². The summed E-state index contributed by atoms with van der Waals surface area (Å²) in [6.07, 6.45) is 4.64. The van der Waals surface area contributed by atoms with Gasteiger partial charge in [0.1, 0.15) is 0 Å². The van der Waals surface area contributed by atoms with Crippen LogP contribution in [-0.4, -0.2) is 35.0 Å². The van der Waals surface area contributed by atoms with Crippen molar-refractivity contribution in [3.63, 3.8) is 0 Å². The number of H-pyrrole nitrogens is 1. The van der Waals surface area contributed by atoms with Crippen LogP contribution in [0.2, 0.25) is 0 Å². The summed E-state index contributed by atoms with van der Waals surface area (Å²) in [5.74, 6) is -0.772. The van der Waals surface area contributed by atoms with Gasteiger partial charge in [-0.1, -0.05) is 30.3 Å². The van der Waals surface area contributed by atoms with E-state index in [-0.39, 0.29) is 11.8 Å². The summed E-state index contributed by atoms with van der Waals surface area (Å²) in [5.41, 5.74) is 11.0. The van der Waals surface area contributed by atoms with E-state index in [0.29, 0.717) is 22.4 Å². The third kappa shape index (κ3) is 3.02. The number of aromatic nitrogens is 2.